The fourth-order valence-electron chi connectivity index (χ4n) is 2.67. The van der Waals surface area contributed by atoms with Crippen LogP contribution < -0.4 is 4.74 Å². The number of nitrogens with zero attached hydrogens (tertiary/aromatic N) is 1. The van der Waals surface area contributed by atoms with Crippen molar-refractivity contribution in [2.75, 3.05) is 0 Å². The van der Waals surface area contributed by atoms with Gasteiger partial charge < -0.3 is 9.26 Å². The highest BCUT2D eigenvalue weighted by Crippen LogP contribution is 2.46. The molecule has 0 spiro atoms. The molecule has 3 heteroatoms. The summed E-state index contributed by atoms with van der Waals surface area (Å²) in [5.41, 5.74) is 3.23. The fraction of sp³-hybridized carbons (Fsp3) is 0.308. The number of para-hydroxylation sites is 1. The topological polar surface area (TPSA) is 35.3 Å². The molecule has 4 rings (SSSR count). The molecule has 0 bridgehead atoms. The molecule has 1 aliphatic carbocycles. The Hall–Kier alpha value is -1.77. The minimum atomic E-state index is 0.153. The molecule has 1 atom stereocenters. The van der Waals surface area contributed by atoms with E-state index in [0.29, 0.717) is 0 Å². The van der Waals surface area contributed by atoms with E-state index in [1.165, 1.54) is 5.56 Å². The van der Waals surface area contributed by atoms with Crippen LogP contribution in [0, 0.1) is 0 Å². The van der Waals surface area contributed by atoms with Gasteiger partial charge in [-0.25, -0.2) is 0 Å². The first-order chi connectivity index (χ1) is 7.93. The summed E-state index contributed by atoms with van der Waals surface area (Å²) < 4.78 is 11.4. The van der Waals surface area contributed by atoms with E-state index in [1.807, 2.05) is 24.3 Å². The van der Waals surface area contributed by atoms with Crippen LogP contribution in [-0.2, 0) is 6.42 Å². The van der Waals surface area contributed by atoms with Gasteiger partial charge in [-0.15, -0.1) is 0 Å². The van der Waals surface area contributed by atoms with Crippen LogP contribution in [-0.4, -0.2) is 5.16 Å². The third kappa shape index (κ3) is 0.953. The average molecular weight is 213 g/mol. The van der Waals surface area contributed by atoms with Gasteiger partial charge in [-0.2, -0.15) is 0 Å². The number of benzene rings is 1. The molecule has 80 valence electrons. The zero-order chi connectivity index (χ0) is 10.5. The summed E-state index contributed by atoms with van der Waals surface area (Å²) in [6, 6.07) is 8.04. The molecule has 0 radical (unpaired) electrons. The summed E-state index contributed by atoms with van der Waals surface area (Å²) in [7, 11) is 0. The quantitative estimate of drug-likeness (QED) is 0.674. The van der Waals surface area contributed by atoms with Crippen molar-refractivity contribution in [3.05, 3.63) is 35.6 Å². The molecule has 1 aliphatic heterocycles. The Kier molecular flexibility index (Phi) is 1.51. The van der Waals surface area contributed by atoms with Gasteiger partial charge in [-0.1, -0.05) is 17.3 Å². The van der Waals surface area contributed by atoms with E-state index in [0.717, 1.165) is 42.0 Å². The predicted octanol–water partition coefficient (Wildman–Crippen LogP) is 3.11. The zero-order valence-electron chi connectivity index (χ0n) is 8.77. The van der Waals surface area contributed by atoms with E-state index in [9.17, 15) is 0 Å². The van der Waals surface area contributed by atoms with Crippen molar-refractivity contribution in [1.82, 2.24) is 5.16 Å². The van der Waals surface area contributed by atoms with Gasteiger partial charge in [0.25, 0.3) is 0 Å². The molecular weight excluding hydrogens is 202 g/mol. The summed E-state index contributed by atoms with van der Waals surface area (Å²) in [5, 5.41) is 4.20. The summed E-state index contributed by atoms with van der Waals surface area (Å²) >= 11 is 0. The van der Waals surface area contributed by atoms with Gasteiger partial charge in [0.05, 0.1) is 5.56 Å². The van der Waals surface area contributed by atoms with Gasteiger partial charge in [0.1, 0.15) is 23.3 Å². The number of ether oxygens (including phenoxy) is 1. The van der Waals surface area contributed by atoms with Crippen molar-refractivity contribution in [3.63, 3.8) is 0 Å². The highest BCUT2D eigenvalue weighted by molar-refractivity contribution is 5.72. The van der Waals surface area contributed by atoms with Crippen molar-refractivity contribution in [2.45, 2.75) is 25.4 Å². The molecule has 16 heavy (non-hydrogen) atoms. The number of hydrogen-bond donors (Lipinski definition) is 0. The van der Waals surface area contributed by atoms with E-state index < -0.39 is 0 Å². The minimum absolute atomic E-state index is 0.153. The maximum atomic E-state index is 6.00. The lowest BCUT2D eigenvalue weighted by molar-refractivity contribution is 0.175. The molecule has 2 aromatic rings. The fourth-order valence-corrected chi connectivity index (χ4v) is 2.67. The van der Waals surface area contributed by atoms with Crippen LogP contribution in [0.15, 0.2) is 28.8 Å². The SMILES string of the molecule is c1ccc2c(c1)O[C@H]1CCCc3onc-2c31. The smallest absolute Gasteiger partial charge is 0.144 e. The Balaban J connectivity index is 2.02. The van der Waals surface area contributed by atoms with Crippen molar-refractivity contribution in [3.8, 4) is 17.0 Å². The molecular formula is C13H11NO2. The van der Waals surface area contributed by atoms with E-state index in [2.05, 4.69) is 5.16 Å². The largest absolute Gasteiger partial charge is 0.485 e. The standard InChI is InChI=1S/C13H11NO2/c1-2-5-9-8(4-1)13-12-10(15-9)6-3-7-11(12)16-14-13/h1-2,4-5,10H,3,6-7H2/t10-/m0/s1. The molecule has 0 amide bonds. The number of rotatable bonds is 0. The van der Waals surface area contributed by atoms with Crippen LogP contribution in [0.2, 0.25) is 0 Å². The zero-order valence-corrected chi connectivity index (χ0v) is 8.77. The van der Waals surface area contributed by atoms with Crippen LogP contribution in [0.4, 0.5) is 0 Å². The summed E-state index contributed by atoms with van der Waals surface area (Å²) in [4.78, 5) is 0. The van der Waals surface area contributed by atoms with Crippen LogP contribution in [0.5, 0.6) is 5.75 Å². The van der Waals surface area contributed by atoms with Crippen LogP contribution in [0.25, 0.3) is 11.3 Å². The third-order valence-corrected chi connectivity index (χ3v) is 3.41. The maximum Gasteiger partial charge on any atom is 0.144 e. The van der Waals surface area contributed by atoms with Crippen molar-refractivity contribution in [1.29, 1.82) is 0 Å². The molecule has 0 saturated carbocycles. The second-order valence-electron chi connectivity index (χ2n) is 4.36. The Morgan fingerprint density at radius 2 is 2.19 bits per heavy atom. The van der Waals surface area contributed by atoms with Crippen molar-refractivity contribution < 1.29 is 9.26 Å². The lowest BCUT2D eigenvalue weighted by atomic mass is 9.89. The Morgan fingerprint density at radius 3 is 3.19 bits per heavy atom. The monoisotopic (exact) mass is 213 g/mol. The molecule has 1 aromatic heterocycles. The van der Waals surface area contributed by atoms with Crippen molar-refractivity contribution >= 4 is 0 Å². The molecule has 3 nitrogen and oxygen atoms in total. The lowest BCUT2D eigenvalue weighted by Crippen LogP contribution is -2.18. The van der Waals surface area contributed by atoms with E-state index in [1.54, 1.807) is 0 Å². The van der Waals surface area contributed by atoms with Gasteiger partial charge in [0.15, 0.2) is 0 Å². The number of hydrogen-bond acceptors (Lipinski definition) is 3. The number of aromatic nitrogens is 1. The first-order valence-corrected chi connectivity index (χ1v) is 5.68. The first-order valence-electron chi connectivity index (χ1n) is 5.68. The lowest BCUT2D eigenvalue weighted by Gasteiger charge is -2.28. The normalized spacial score (nSPS) is 20.9. The molecule has 0 N–H and O–H groups in total. The van der Waals surface area contributed by atoms with Gasteiger partial charge in [-0.3, -0.25) is 0 Å². The highest BCUT2D eigenvalue weighted by Gasteiger charge is 2.34. The van der Waals surface area contributed by atoms with Crippen molar-refractivity contribution in [2.24, 2.45) is 0 Å². The summed E-state index contributed by atoms with van der Waals surface area (Å²) in [5.74, 6) is 1.95. The van der Waals surface area contributed by atoms with Gasteiger partial charge in [0.2, 0.25) is 0 Å². The molecule has 0 unspecified atom stereocenters. The Labute approximate surface area is 93.0 Å². The van der Waals surface area contributed by atoms with Crippen LogP contribution in [0.3, 0.4) is 0 Å². The molecule has 1 aromatic carbocycles. The second kappa shape index (κ2) is 2.88. The van der Waals surface area contributed by atoms with Gasteiger partial charge >= 0.3 is 0 Å². The Morgan fingerprint density at radius 1 is 1.25 bits per heavy atom. The predicted molar refractivity (Wildman–Crippen MR) is 58.2 cm³/mol. The van der Waals surface area contributed by atoms with E-state index in [-0.39, 0.29) is 6.10 Å². The molecule has 0 saturated heterocycles. The van der Waals surface area contributed by atoms with E-state index >= 15 is 0 Å². The first kappa shape index (κ1) is 8.39. The summed E-state index contributed by atoms with van der Waals surface area (Å²) in [6.07, 6.45) is 3.33. The molecule has 2 heterocycles. The summed E-state index contributed by atoms with van der Waals surface area (Å²) in [6.45, 7) is 0. The highest BCUT2D eigenvalue weighted by atomic mass is 16.5. The molecule has 0 fully saturated rings. The van der Waals surface area contributed by atoms with Gasteiger partial charge in [-0.05, 0) is 25.0 Å². The number of fused-ring (bicyclic) bond motifs is 2. The maximum absolute atomic E-state index is 6.00. The van der Waals surface area contributed by atoms with Gasteiger partial charge in [0, 0.05) is 12.0 Å². The van der Waals surface area contributed by atoms with E-state index in [4.69, 9.17) is 9.26 Å². The van der Waals surface area contributed by atoms with Crippen LogP contribution in [0.1, 0.15) is 30.3 Å². The second-order valence-corrected chi connectivity index (χ2v) is 4.36. The number of aryl methyl sites for hydroxylation is 1. The van der Waals surface area contributed by atoms with Crippen LogP contribution >= 0.6 is 0 Å². The molecule has 2 aliphatic rings. The minimum Gasteiger partial charge on any atom is -0.485 e. The third-order valence-electron chi connectivity index (χ3n) is 3.41. The Bertz CT molecular complexity index is 559. The average Bonchev–Trinajstić information content (AvgIpc) is 2.76.